The molecule has 0 aliphatic carbocycles. The molecule has 0 bridgehead atoms. The number of carbonyl (C=O) groups excluding carboxylic acids is 1. The second kappa shape index (κ2) is 7.99. The Labute approximate surface area is 161 Å². The molecule has 28 heavy (non-hydrogen) atoms. The molecular weight excluding hydrogens is 362 g/mol. The van der Waals surface area contributed by atoms with E-state index in [2.05, 4.69) is 26.6 Å². The average Bonchev–Trinajstić information content (AvgIpc) is 3.16. The van der Waals surface area contributed by atoms with Gasteiger partial charge in [0.2, 0.25) is 11.9 Å². The van der Waals surface area contributed by atoms with E-state index in [0.717, 1.165) is 11.1 Å². The first-order chi connectivity index (χ1) is 13.3. The smallest absolute Gasteiger partial charge is 0.293 e. The zero-order valence-corrected chi connectivity index (χ0v) is 15.9. The van der Waals surface area contributed by atoms with Gasteiger partial charge in [-0.2, -0.15) is 5.10 Å². The van der Waals surface area contributed by atoms with Crippen LogP contribution in [0, 0.1) is 30.9 Å². The predicted octanol–water partition coefficient (Wildman–Crippen LogP) is 2.39. The van der Waals surface area contributed by atoms with Crippen molar-refractivity contribution in [3.05, 3.63) is 63.2 Å². The van der Waals surface area contributed by atoms with Crippen LogP contribution < -0.4 is 5.32 Å². The summed E-state index contributed by atoms with van der Waals surface area (Å²) in [5.74, 6) is -0.0690. The van der Waals surface area contributed by atoms with Crippen molar-refractivity contribution >= 4 is 17.5 Å². The van der Waals surface area contributed by atoms with E-state index >= 15 is 0 Å². The molecule has 0 spiro atoms. The van der Waals surface area contributed by atoms with Crippen LogP contribution in [0.25, 0.3) is 0 Å². The topological polar surface area (TPSA) is 121 Å². The van der Waals surface area contributed by atoms with E-state index in [1.54, 1.807) is 24.9 Å². The van der Waals surface area contributed by atoms with Gasteiger partial charge in [0.05, 0.1) is 18.0 Å². The first-order valence-electron chi connectivity index (χ1n) is 8.76. The summed E-state index contributed by atoms with van der Waals surface area (Å²) >= 11 is 0. The summed E-state index contributed by atoms with van der Waals surface area (Å²) < 4.78 is 3.12. The molecule has 0 aliphatic heterocycles. The number of hydrogen-bond acceptors (Lipinski definition) is 6. The first kappa shape index (κ1) is 19.2. The summed E-state index contributed by atoms with van der Waals surface area (Å²) in [5.41, 5.74) is 3.00. The van der Waals surface area contributed by atoms with Gasteiger partial charge < -0.3 is 0 Å². The van der Waals surface area contributed by atoms with Gasteiger partial charge in [0, 0.05) is 6.42 Å². The molecule has 0 saturated heterocycles. The van der Waals surface area contributed by atoms with E-state index in [9.17, 15) is 14.9 Å². The Morgan fingerprint density at radius 2 is 2.04 bits per heavy atom. The Hall–Kier alpha value is -3.56. The van der Waals surface area contributed by atoms with E-state index in [-0.39, 0.29) is 30.5 Å². The van der Waals surface area contributed by atoms with Crippen molar-refractivity contribution in [3.8, 4) is 0 Å². The van der Waals surface area contributed by atoms with Crippen LogP contribution in [0.5, 0.6) is 0 Å². The van der Waals surface area contributed by atoms with Gasteiger partial charge in [-0.25, -0.2) is 9.67 Å². The quantitative estimate of drug-likeness (QED) is 0.494. The molecule has 1 aromatic carbocycles. The molecule has 2 heterocycles. The Morgan fingerprint density at radius 1 is 1.25 bits per heavy atom. The van der Waals surface area contributed by atoms with Gasteiger partial charge in [0.15, 0.2) is 0 Å². The minimum Gasteiger partial charge on any atom is -0.293 e. The second-order valence-corrected chi connectivity index (χ2v) is 6.55. The number of hydrogen-bond donors (Lipinski definition) is 1. The Morgan fingerprint density at radius 3 is 2.71 bits per heavy atom. The van der Waals surface area contributed by atoms with Crippen LogP contribution in [-0.2, 0) is 17.9 Å². The Balaban J connectivity index is 1.57. The molecule has 10 heteroatoms. The molecule has 1 N–H and O–H groups in total. The SMILES string of the molecule is Cc1cccc(Cn2cnc(NC(=O)CCn3nc(C)c([N+](=O)[O-])c3C)n2)c1. The summed E-state index contributed by atoms with van der Waals surface area (Å²) in [6, 6.07) is 8.07. The standard InChI is InChI=1S/C18H21N7O3/c1-12-5-4-6-15(9-12)10-23-11-19-18(22-23)20-16(26)7-8-24-14(3)17(25(27)28)13(2)21-24/h4-6,9,11H,7-8,10H2,1-3H3,(H,20,22,26). The summed E-state index contributed by atoms with van der Waals surface area (Å²) in [6.45, 7) is 6.00. The number of amides is 1. The zero-order valence-electron chi connectivity index (χ0n) is 15.9. The van der Waals surface area contributed by atoms with Gasteiger partial charge in [-0.1, -0.05) is 29.8 Å². The lowest BCUT2D eigenvalue weighted by molar-refractivity contribution is -0.386. The maximum Gasteiger partial charge on any atom is 0.312 e. The van der Waals surface area contributed by atoms with Gasteiger partial charge >= 0.3 is 5.69 Å². The number of carbonyl (C=O) groups is 1. The molecule has 0 radical (unpaired) electrons. The van der Waals surface area contributed by atoms with Crippen LogP contribution in [0.15, 0.2) is 30.6 Å². The highest BCUT2D eigenvalue weighted by Crippen LogP contribution is 2.21. The molecule has 10 nitrogen and oxygen atoms in total. The average molecular weight is 383 g/mol. The van der Waals surface area contributed by atoms with Crippen molar-refractivity contribution in [2.75, 3.05) is 5.32 Å². The maximum atomic E-state index is 12.2. The fourth-order valence-corrected chi connectivity index (χ4v) is 2.99. The van der Waals surface area contributed by atoms with Crippen molar-refractivity contribution < 1.29 is 9.72 Å². The highest BCUT2D eigenvalue weighted by molar-refractivity contribution is 5.88. The number of nitrogens with one attached hydrogen (secondary N) is 1. The summed E-state index contributed by atoms with van der Waals surface area (Å²) in [5, 5.41) is 22.1. The van der Waals surface area contributed by atoms with Crippen LogP contribution >= 0.6 is 0 Å². The molecule has 0 fully saturated rings. The predicted molar refractivity (Wildman–Crippen MR) is 102 cm³/mol. The third kappa shape index (κ3) is 4.40. The minimum atomic E-state index is -0.459. The van der Waals surface area contributed by atoms with Gasteiger partial charge in [-0.15, -0.1) is 5.10 Å². The number of aromatic nitrogens is 5. The van der Waals surface area contributed by atoms with Gasteiger partial charge in [0.25, 0.3) is 0 Å². The molecule has 3 rings (SSSR count). The van der Waals surface area contributed by atoms with Crippen molar-refractivity contribution in [1.29, 1.82) is 0 Å². The molecule has 2 aromatic heterocycles. The molecule has 146 valence electrons. The number of nitro groups is 1. The maximum absolute atomic E-state index is 12.2. The lowest BCUT2D eigenvalue weighted by Gasteiger charge is -2.04. The normalized spacial score (nSPS) is 10.8. The van der Waals surface area contributed by atoms with E-state index in [4.69, 9.17) is 0 Å². The lowest BCUT2D eigenvalue weighted by atomic mass is 10.1. The third-order valence-corrected chi connectivity index (χ3v) is 4.29. The minimum absolute atomic E-state index is 0.0167. The zero-order chi connectivity index (χ0) is 20.3. The van der Waals surface area contributed by atoms with Crippen molar-refractivity contribution in [2.45, 2.75) is 40.3 Å². The molecule has 0 atom stereocenters. The highest BCUT2D eigenvalue weighted by atomic mass is 16.6. The third-order valence-electron chi connectivity index (χ3n) is 4.29. The van der Waals surface area contributed by atoms with Crippen LogP contribution in [0.1, 0.15) is 28.9 Å². The van der Waals surface area contributed by atoms with Crippen molar-refractivity contribution in [3.63, 3.8) is 0 Å². The number of nitrogens with zero attached hydrogens (tertiary/aromatic N) is 6. The summed E-state index contributed by atoms with van der Waals surface area (Å²) in [4.78, 5) is 26.8. The van der Waals surface area contributed by atoms with Crippen LogP contribution in [0.3, 0.4) is 0 Å². The van der Waals surface area contributed by atoms with Crippen molar-refractivity contribution in [1.82, 2.24) is 24.5 Å². The second-order valence-electron chi connectivity index (χ2n) is 6.55. The number of aryl methyl sites for hydroxylation is 3. The molecule has 0 saturated carbocycles. The largest absolute Gasteiger partial charge is 0.312 e. The molecule has 1 amide bonds. The van der Waals surface area contributed by atoms with Crippen LogP contribution in [0.4, 0.5) is 11.6 Å². The van der Waals surface area contributed by atoms with Gasteiger partial charge in [0.1, 0.15) is 17.7 Å². The van der Waals surface area contributed by atoms with Gasteiger partial charge in [-0.3, -0.25) is 24.9 Å². The monoisotopic (exact) mass is 383 g/mol. The number of anilines is 1. The lowest BCUT2D eigenvalue weighted by Crippen LogP contribution is -2.16. The van der Waals surface area contributed by atoms with Crippen LogP contribution in [-0.4, -0.2) is 35.4 Å². The Kier molecular flexibility index (Phi) is 5.48. The summed E-state index contributed by atoms with van der Waals surface area (Å²) in [6.07, 6.45) is 1.66. The molecule has 0 unspecified atom stereocenters. The number of rotatable bonds is 7. The summed E-state index contributed by atoms with van der Waals surface area (Å²) in [7, 11) is 0. The van der Waals surface area contributed by atoms with Crippen LogP contribution in [0.2, 0.25) is 0 Å². The van der Waals surface area contributed by atoms with Gasteiger partial charge in [-0.05, 0) is 26.3 Å². The highest BCUT2D eigenvalue weighted by Gasteiger charge is 2.21. The fraction of sp³-hybridized carbons (Fsp3) is 0.333. The first-order valence-corrected chi connectivity index (χ1v) is 8.76. The Bertz CT molecular complexity index is 1020. The van der Waals surface area contributed by atoms with E-state index < -0.39 is 4.92 Å². The van der Waals surface area contributed by atoms with E-state index in [1.165, 1.54) is 4.68 Å². The number of benzene rings is 1. The van der Waals surface area contributed by atoms with E-state index in [1.807, 2.05) is 25.1 Å². The fourth-order valence-electron chi connectivity index (χ4n) is 2.99. The van der Waals surface area contributed by atoms with E-state index in [0.29, 0.717) is 17.9 Å². The molecular formula is C18H21N7O3. The van der Waals surface area contributed by atoms with Crippen molar-refractivity contribution in [2.24, 2.45) is 0 Å². The molecule has 3 aromatic rings. The molecule has 0 aliphatic rings.